The van der Waals surface area contributed by atoms with Crippen LogP contribution in [-0.4, -0.2) is 36.8 Å². The van der Waals surface area contributed by atoms with Crippen molar-refractivity contribution in [3.8, 4) is 0 Å². The third kappa shape index (κ3) is 3.55. The standard InChI is InChI=1S/C10H20NO/c1-11(2)8-7-9-3-5-10(12)6-4-9/h7,9-10,12H,3-6,8H2,1-2H3. The topological polar surface area (TPSA) is 23.5 Å². The van der Waals surface area contributed by atoms with Crippen molar-refractivity contribution in [1.82, 2.24) is 4.90 Å². The Balaban J connectivity index is 2.09. The van der Waals surface area contributed by atoms with Crippen LogP contribution < -0.4 is 0 Å². The smallest absolute Gasteiger partial charge is 0.0540 e. The van der Waals surface area contributed by atoms with Crippen molar-refractivity contribution in [2.24, 2.45) is 5.92 Å². The molecule has 0 atom stereocenters. The molecule has 1 rings (SSSR count). The van der Waals surface area contributed by atoms with Crippen LogP contribution in [0.4, 0.5) is 0 Å². The molecule has 1 aliphatic carbocycles. The lowest BCUT2D eigenvalue weighted by atomic mass is 9.85. The summed E-state index contributed by atoms with van der Waals surface area (Å²) in [4.78, 5) is 2.19. The van der Waals surface area contributed by atoms with Gasteiger partial charge >= 0.3 is 0 Å². The first-order valence-corrected chi connectivity index (χ1v) is 4.84. The molecule has 0 heterocycles. The van der Waals surface area contributed by atoms with Gasteiger partial charge in [-0.3, -0.25) is 0 Å². The van der Waals surface area contributed by atoms with Crippen LogP contribution in [0.1, 0.15) is 25.7 Å². The lowest BCUT2D eigenvalue weighted by molar-refractivity contribution is 0.114. The maximum absolute atomic E-state index is 9.28. The summed E-state index contributed by atoms with van der Waals surface area (Å²) in [6.07, 6.45) is 6.70. The highest BCUT2D eigenvalue weighted by atomic mass is 16.3. The molecule has 1 fully saturated rings. The Labute approximate surface area is 75.6 Å². The molecule has 0 saturated heterocycles. The highest BCUT2D eigenvalue weighted by Gasteiger charge is 2.18. The first kappa shape index (κ1) is 10.0. The molecule has 0 aliphatic heterocycles. The van der Waals surface area contributed by atoms with E-state index in [1.165, 1.54) is 12.8 Å². The van der Waals surface area contributed by atoms with Gasteiger partial charge in [-0.2, -0.15) is 0 Å². The van der Waals surface area contributed by atoms with Crippen molar-refractivity contribution < 1.29 is 5.11 Å². The van der Waals surface area contributed by atoms with Gasteiger partial charge in [0, 0.05) is 6.54 Å². The average molecular weight is 170 g/mol. The molecule has 1 saturated carbocycles. The van der Waals surface area contributed by atoms with E-state index < -0.39 is 0 Å². The zero-order valence-electron chi connectivity index (χ0n) is 8.16. The molecule has 0 aromatic heterocycles. The van der Waals surface area contributed by atoms with Gasteiger partial charge in [0.2, 0.25) is 0 Å². The van der Waals surface area contributed by atoms with E-state index in [0.29, 0.717) is 0 Å². The average Bonchev–Trinajstić information content (AvgIpc) is 2.03. The molecule has 12 heavy (non-hydrogen) atoms. The van der Waals surface area contributed by atoms with Crippen LogP contribution in [-0.2, 0) is 0 Å². The van der Waals surface area contributed by atoms with Crippen LogP contribution in [0.3, 0.4) is 0 Å². The Morgan fingerprint density at radius 3 is 2.33 bits per heavy atom. The third-order valence-corrected chi connectivity index (χ3v) is 2.55. The molecule has 1 N–H and O–H groups in total. The van der Waals surface area contributed by atoms with Gasteiger partial charge in [-0.05, 0) is 52.1 Å². The summed E-state index contributed by atoms with van der Waals surface area (Å²) < 4.78 is 0. The summed E-state index contributed by atoms with van der Waals surface area (Å²) in [6.45, 7) is 1.07. The van der Waals surface area contributed by atoms with Gasteiger partial charge in [0.25, 0.3) is 0 Å². The fourth-order valence-electron chi connectivity index (χ4n) is 1.70. The highest BCUT2D eigenvalue weighted by Crippen LogP contribution is 2.25. The molecule has 0 unspecified atom stereocenters. The summed E-state index contributed by atoms with van der Waals surface area (Å²) in [7, 11) is 4.18. The minimum atomic E-state index is -0.0194. The van der Waals surface area contributed by atoms with Crippen LogP contribution in [0.2, 0.25) is 0 Å². The van der Waals surface area contributed by atoms with Crippen molar-refractivity contribution in [3.05, 3.63) is 6.42 Å². The third-order valence-electron chi connectivity index (χ3n) is 2.55. The summed E-state index contributed by atoms with van der Waals surface area (Å²) in [5.41, 5.74) is 0. The predicted octanol–water partition coefficient (Wildman–Crippen LogP) is 1.30. The van der Waals surface area contributed by atoms with E-state index in [9.17, 15) is 5.11 Å². The van der Waals surface area contributed by atoms with Crippen molar-refractivity contribution in [3.63, 3.8) is 0 Å². The number of rotatable bonds is 3. The Morgan fingerprint density at radius 2 is 1.83 bits per heavy atom. The molecule has 2 nitrogen and oxygen atoms in total. The van der Waals surface area contributed by atoms with Crippen molar-refractivity contribution in [1.29, 1.82) is 0 Å². The molecule has 0 aromatic rings. The maximum atomic E-state index is 9.28. The van der Waals surface area contributed by atoms with Crippen molar-refractivity contribution in [2.45, 2.75) is 31.8 Å². The second-order valence-corrected chi connectivity index (χ2v) is 4.07. The van der Waals surface area contributed by atoms with E-state index in [0.717, 1.165) is 25.3 Å². The minimum Gasteiger partial charge on any atom is -0.393 e. The van der Waals surface area contributed by atoms with Crippen LogP contribution in [0, 0.1) is 12.3 Å². The van der Waals surface area contributed by atoms with Gasteiger partial charge in [0.15, 0.2) is 0 Å². The van der Waals surface area contributed by atoms with Gasteiger partial charge < -0.3 is 10.0 Å². The first-order valence-electron chi connectivity index (χ1n) is 4.84. The number of hydrogen-bond donors (Lipinski definition) is 1. The molecular formula is C10H20NO. The fraction of sp³-hybridized carbons (Fsp3) is 0.900. The van der Waals surface area contributed by atoms with Gasteiger partial charge in [0.05, 0.1) is 6.10 Å². The lowest BCUT2D eigenvalue weighted by Crippen LogP contribution is -2.23. The SMILES string of the molecule is CN(C)C[CH]C1CCC(O)CC1. The molecule has 2 heteroatoms. The van der Waals surface area contributed by atoms with E-state index in [2.05, 4.69) is 25.4 Å². The van der Waals surface area contributed by atoms with Gasteiger partial charge in [-0.1, -0.05) is 0 Å². The highest BCUT2D eigenvalue weighted by molar-refractivity contribution is 4.83. The second kappa shape index (κ2) is 4.83. The lowest BCUT2D eigenvalue weighted by Gasteiger charge is -2.25. The largest absolute Gasteiger partial charge is 0.393 e. The maximum Gasteiger partial charge on any atom is 0.0540 e. The molecule has 1 radical (unpaired) electrons. The molecule has 0 bridgehead atoms. The zero-order chi connectivity index (χ0) is 8.97. The normalized spacial score (nSPS) is 31.0. The Morgan fingerprint density at radius 1 is 1.25 bits per heavy atom. The molecule has 0 amide bonds. The van der Waals surface area contributed by atoms with Gasteiger partial charge in [-0.25, -0.2) is 0 Å². The summed E-state index contributed by atoms with van der Waals surface area (Å²) in [5, 5.41) is 9.28. The van der Waals surface area contributed by atoms with E-state index in [1.807, 2.05) is 0 Å². The van der Waals surface area contributed by atoms with Crippen LogP contribution in [0.15, 0.2) is 0 Å². The Kier molecular flexibility index (Phi) is 4.02. The van der Waals surface area contributed by atoms with Gasteiger partial charge in [0.1, 0.15) is 0 Å². The van der Waals surface area contributed by atoms with Crippen LogP contribution >= 0.6 is 0 Å². The van der Waals surface area contributed by atoms with Crippen molar-refractivity contribution >= 4 is 0 Å². The minimum absolute atomic E-state index is 0.0194. The monoisotopic (exact) mass is 170 g/mol. The second-order valence-electron chi connectivity index (χ2n) is 4.07. The van der Waals surface area contributed by atoms with E-state index >= 15 is 0 Å². The fourth-order valence-corrected chi connectivity index (χ4v) is 1.70. The number of hydrogen-bond acceptors (Lipinski definition) is 2. The van der Waals surface area contributed by atoms with Crippen LogP contribution in [0.25, 0.3) is 0 Å². The van der Waals surface area contributed by atoms with Crippen LogP contribution in [0.5, 0.6) is 0 Å². The molecular weight excluding hydrogens is 150 g/mol. The molecule has 0 spiro atoms. The van der Waals surface area contributed by atoms with Crippen molar-refractivity contribution in [2.75, 3.05) is 20.6 Å². The summed E-state index contributed by atoms with van der Waals surface area (Å²) >= 11 is 0. The molecule has 0 aromatic carbocycles. The quantitative estimate of drug-likeness (QED) is 0.690. The first-order chi connectivity index (χ1) is 5.68. The molecule has 1 aliphatic rings. The zero-order valence-corrected chi connectivity index (χ0v) is 8.16. The Bertz CT molecular complexity index is 117. The summed E-state index contributed by atoms with van der Waals surface area (Å²) in [5.74, 6) is 0.746. The summed E-state index contributed by atoms with van der Waals surface area (Å²) in [6, 6.07) is 0. The van der Waals surface area contributed by atoms with E-state index in [-0.39, 0.29) is 6.10 Å². The Hall–Kier alpha value is -0.0800. The number of aliphatic hydroxyl groups excluding tert-OH is 1. The van der Waals surface area contributed by atoms with Gasteiger partial charge in [-0.15, -0.1) is 0 Å². The molecule has 71 valence electrons. The number of aliphatic hydroxyl groups is 1. The van der Waals surface area contributed by atoms with E-state index in [1.54, 1.807) is 0 Å². The van der Waals surface area contributed by atoms with E-state index in [4.69, 9.17) is 0 Å². The predicted molar refractivity (Wildman–Crippen MR) is 50.8 cm³/mol. The number of nitrogens with zero attached hydrogens (tertiary/aromatic N) is 1.